The van der Waals surface area contributed by atoms with Gasteiger partial charge < -0.3 is 20.1 Å². The number of hydrogen-bond acceptors (Lipinski definition) is 6. The summed E-state index contributed by atoms with van der Waals surface area (Å²) in [5.41, 5.74) is 0. The first kappa shape index (κ1) is 34.9. The number of ketones is 2. The number of rotatable bonds is 6. The van der Waals surface area contributed by atoms with Crippen LogP contribution in [0.5, 0.6) is 0 Å². The molecule has 0 aromatic carbocycles. The molecule has 0 amide bonds. The molecule has 0 aliphatic heterocycles. The van der Waals surface area contributed by atoms with E-state index in [1.165, 1.54) is 26.0 Å². The zero-order valence-electron chi connectivity index (χ0n) is 16.2. The Morgan fingerprint density at radius 2 is 1.04 bits per heavy atom. The molecule has 25 heavy (non-hydrogen) atoms. The third-order valence-corrected chi connectivity index (χ3v) is 2.90. The second-order valence-electron chi connectivity index (χ2n) is 4.99. The Kier molecular flexibility index (Phi) is 34.8. The van der Waals surface area contributed by atoms with Crippen LogP contribution in [-0.2, 0) is 33.9 Å². The maximum absolute atomic E-state index is 10.9. The second kappa shape index (κ2) is 24.9. The average Bonchev–Trinajstić information content (AvgIpc) is 2.56. The van der Waals surface area contributed by atoms with Gasteiger partial charge in [-0.15, -0.1) is 0 Å². The Balaban J connectivity index is -0.0000000858. The Morgan fingerprint density at radius 1 is 0.840 bits per heavy atom. The predicted molar refractivity (Wildman–Crippen MR) is 96.6 cm³/mol. The number of carbonyl (C=O) groups excluding carboxylic acids is 3. The van der Waals surface area contributed by atoms with Crippen molar-refractivity contribution in [3.05, 3.63) is 23.7 Å². The Hall–Kier alpha value is -1.33. The van der Waals surface area contributed by atoms with Gasteiger partial charge in [-0.05, 0) is 26.7 Å². The van der Waals surface area contributed by atoms with Crippen LogP contribution in [-0.4, -0.2) is 40.8 Å². The topological polar surface area (TPSA) is 112 Å². The van der Waals surface area contributed by atoms with Crippen LogP contribution in [0.4, 0.5) is 0 Å². The largest absolute Gasteiger partial charge is 1.00 e. The van der Waals surface area contributed by atoms with Crippen molar-refractivity contribution in [1.29, 1.82) is 0 Å². The molecule has 0 aromatic heterocycles. The van der Waals surface area contributed by atoms with Crippen molar-refractivity contribution >= 4 is 18.4 Å². The van der Waals surface area contributed by atoms with Gasteiger partial charge in [-0.3, -0.25) is 16.4 Å². The molecule has 0 aliphatic carbocycles. The molecule has 1 radical (unpaired) electrons. The third-order valence-electron chi connectivity index (χ3n) is 2.90. The summed E-state index contributed by atoms with van der Waals surface area (Å²) < 4.78 is 0. The van der Waals surface area contributed by atoms with Crippen molar-refractivity contribution in [1.82, 2.24) is 0 Å². The average molecular weight is 447 g/mol. The van der Waals surface area contributed by atoms with E-state index in [2.05, 4.69) is 6.79 Å². The van der Waals surface area contributed by atoms with Gasteiger partial charge in [-0.2, -0.15) is 0 Å². The summed E-state index contributed by atoms with van der Waals surface area (Å²) in [7, 11) is 1.00. The van der Waals surface area contributed by atoms with E-state index in [4.69, 9.17) is 20.1 Å². The first-order chi connectivity index (χ1) is 11.1. The van der Waals surface area contributed by atoms with Crippen molar-refractivity contribution < 1.29 is 49.2 Å². The van der Waals surface area contributed by atoms with E-state index in [0.29, 0.717) is 0 Å². The number of allylic oxidation sites excluding steroid dienone is 4. The van der Waals surface area contributed by atoms with Gasteiger partial charge in [-0.25, -0.2) is 0 Å². The molecule has 149 valence electrons. The Morgan fingerprint density at radius 3 is 1.16 bits per heavy atom. The summed E-state index contributed by atoms with van der Waals surface area (Å²) in [6.07, 6.45) is 4.19. The predicted octanol–water partition coefficient (Wildman–Crippen LogP) is 3.46. The molecule has 0 saturated carbocycles. The summed E-state index contributed by atoms with van der Waals surface area (Å²) in [5, 5.41) is 24.4. The Bertz CT molecular complexity index is 347. The van der Waals surface area contributed by atoms with Crippen LogP contribution >= 0.6 is 0 Å². The van der Waals surface area contributed by atoms with Crippen molar-refractivity contribution in [2.75, 3.05) is 7.11 Å². The molecule has 0 aliphatic rings. The standard InChI is InChI=1S/2C8H14O2.CH4O.CHO.Ru/c2*1-4-6(2)8(10)5-7(3)9;2*1-2;/h2*5-6,9H,4H2,1-3H3;2H,1H3;1H;/q;;;-1;+1. The SMILES string of the molecule is CCC(C)C(=O)C=C(C)O.CCC(C)C(=O)C=C(C)O.CO.[CH-]=O.[Ru+]. The Labute approximate surface area is 164 Å². The molecule has 0 spiro atoms. The van der Waals surface area contributed by atoms with E-state index < -0.39 is 0 Å². The third kappa shape index (κ3) is 27.8. The van der Waals surface area contributed by atoms with Crippen LogP contribution in [0.1, 0.15) is 54.4 Å². The normalized spacial score (nSPS) is 12.3. The molecule has 0 rings (SSSR count). The fourth-order valence-corrected chi connectivity index (χ4v) is 1.10. The second-order valence-corrected chi connectivity index (χ2v) is 4.99. The van der Waals surface area contributed by atoms with Crippen LogP contribution in [0, 0.1) is 11.8 Å². The molecular formula is C18H33O6Ru. The molecule has 7 heteroatoms. The van der Waals surface area contributed by atoms with Crippen molar-refractivity contribution in [2.24, 2.45) is 11.8 Å². The van der Waals surface area contributed by atoms with E-state index in [0.717, 1.165) is 20.0 Å². The molecular weight excluding hydrogens is 413 g/mol. The van der Waals surface area contributed by atoms with Gasteiger partial charge in [0.05, 0.1) is 11.5 Å². The minimum atomic E-state index is 0. The molecule has 2 atom stereocenters. The molecule has 3 N–H and O–H groups in total. The fourth-order valence-electron chi connectivity index (χ4n) is 1.10. The van der Waals surface area contributed by atoms with Gasteiger partial charge in [0.2, 0.25) is 0 Å². The number of aliphatic hydroxyl groups excluding tert-OH is 3. The zero-order valence-corrected chi connectivity index (χ0v) is 18.0. The number of aliphatic hydroxyl groups is 3. The molecule has 0 saturated heterocycles. The minimum absolute atomic E-state index is 0. The molecule has 0 aromatic rings. The first-order valence-corrected chi connectivity index (χ1v) is 7.66. The van der Waals surface area contributed by atoms with Gasteiger partial charge in [0.15, 0.2) is 11.6 Å². The summed E-state index contributed by atoms with van der Waals surface area (Å²) in [6.45, 7) is 13.8. The number of hydrogen-bond donors (Lipinski definition) is 3. The van der Waals surface area contributed by atoms with Gasteiger partial charge in [0.1, 0.15) is 0 Å². The first-order valence-electron chi connectivity index (χ1n) is 7.66. The van der Waals surface area contributed by atoms with Crippen LogP contribution in [0.15, 0.2) is 23.7 Å². The monoisotopic (exact) mass is 447 g/mol. The van der Waals surface area contributed by atoms with Crippen LogP contribution in [0.25, 0.3) is 0 Å². The summed E-state index contributed by atoms with van der Waals surface area (Å²) in [6, 6.07) is 0. The summed E-state index contributed by atoms with van der Waals surface area (Å²) >= 11 is 0. The smallest absolute Gasteiger partial charge is 0.545 e. The molecule has 0 bridgehead atoms. The summed E-state index contributed by atoms with van der Waals surface area (Å²) in [4.78, 5) is 29.6. The van der Waals surface area contributed by atoms with E-state index in [9.17, 15) is 9.59 Å². The van der Waals surface area contributed by atoms with Gasteiger partial charge in [-0.1, -0.05) is 27.7 Å². The van der Waals surface area contributed by atoms with Crippen LogP contribution in [0.3, 0.4) is 0 Å². The fraction of sp³-hybridized carbons (Fsp3) is 0.611. The van der Waals surface area contributed by atoms with E-state index in [-0.39, 0.29) is 54.4 Å². The van der Waals surface area contributed by atoms with Crippen molar-refractivity contribution in [3.63, 3.8) is 0 Å². The molecule has 6 nitrogen and oxygen atoms in total. The van der Waals surface area contributed by atoms with E-state index >= 15 is 0 Å². The summed E-state index contributed by atoms with van der Waals surface area (Å²) in [5.74, 6) is 0.241. The van der Waals surface area contributed by atoms with Crippen LogP contribution in [0.2, 0.25) is 0 Å². The quantitative estimate of drug-likeness (QED) is 0.189. The van der Waals surface area contributed by atoms with E-state index in [1.807, 2.05) is 27.7 Å². The van der Waals surface area contributed by atoms with Gasteiger partial charge in [0.25, 0.3) is 0 Å². The minimum Gasteiger partial charge on any atom is -0.545 e. The van der Waals surface area contributed by atoms with Crippen LogP contribution < -0.4 is 0 Å². The maximum atomic E-state index is 10.9. The van der Waals surface area contributed by atoms with Gasteiger partial charge >= 0.3 is 19.5 Å². The molecule has 2 unspecified atom stereocenters. The number of carbonyl (C=O) groups is 2. The maximum Gasteiger partial charge on any atom is 1.00 e. The zero-order chi connectivity index (χ0) is 20.3. The van der Waals surface area contributed by atoms with Crippen molar-refractivity contribution in [2.45, 2.75) is 54.4 Å². The molecule has 0 fully saturated rings. The van der Waals surface area contributed by atoms with Crippen molar-refractivity contribution in [3.8, 4) is 0 Å². The molecule has 0 heterocycles. The van der Waals surface area contributed by atoms with Gasteiger partial charge in [0, 0.05) is 31.1 Å². The van der Waals surface area contributed by atoms with E-state index in [1.54, 1.807) is 0 Å².